The number of nitrogen functional groups attached to an aromatic ring is 2. The molecule has 0 aromatic heterocycles. The molecule has 4 nitrogen and oxygen atoms in total. The third-order valence-electron chi connectivity index (χ3n) is 1.92. The molecule has 1 rings (SSSR count). The van der Waals surface area contributed by atoms with Gasteiger partial charge in [0.25, 0.3) is 0 Å². The zero-order chi connectivity index (χ0) is 11.4. The van der Waals surface area contributed by atoms with Gasteiger partial charge in [-0.05, 0) is 24.6 Å². The Morgan fingerprint density at radius 2 is 1.93 bits per heavy atom. The van der Waals surface area contributed by atoms with Crippen molar-refractivity contribution in [2.24, 2.45) is 5.73 Å². The van der Waals surface area contributed by atoms with E-state index in [0.29, 0.717) is 11.4 Å². The van der Waals surface area contributed by atoms with Gasteiger partial charge in [-0.15, -0.1) is 0 Å². The molecule has 0 aliphatic carbocycles. The summed E-state index contributed by atoms with van der Waals surface area (Å²) in [7, 11) is 0. The minimum absolute atomic E-state index is 0.0454. The van der Waals surface area contributed by atoms with Crippen LogP contribution >= 0.6 is 0 Å². The fourth-order valence-electron chi connectivity index (χ4n) is 1.11. The van der Waals surface area contributed by atoms with E-state index in [9.17, 15) is 4.79 Å². The lowest BCUT2D eigenvalue weighted by Crippen LogP contribution is -2.08. The molecule has 0 radical (unpaired) electrons. The van der Waals surface area contributed by atoms with Gasteiger partial charge in [-0.1, -0.05) is 11.8 Å². The van der Waals surface area contributed by atoms with Crippen LogP contribution in [0.15, 0.2) is 12.1 Å². The highest BCUT2D eigenvalue weighted by molar-refractivity contribution is 5.77. The lowest BCUT2D eigenvalue weighted by molar-refractivity contribution is -0.117. The van der Waals surface area contributed by atoms with Crippen LogP contribution in [0.25, 0.3) is 0 Å². The second-order valence-electron chi connectivity index (χ2n) is 3.24. The Bertz CT molecular complexity index is 455. The van der Waals surface area contributed by atoms with Crippen molar-refractivity contribution >= 4 is 17.3 Å². The molecule has 0 fully saturated rings. The predicted molar refractivity (Wildman–Crippen MR) is 60.7 cm³/mol. The van der Waals surface area contributed by atoms with Gasteiger partial charge in [0.15, 0.2) is 0 Å². The standard InChI is InChI=1S/C11H13N3O/c1-7-5-9(12)10(13)6-8(7)3-2-4-11(14)15/h5-6H,4,12-13H2,1H3,(H2,14,15). The van der Waals surface area contributed by atoms with Crippen LogP contribution in [0.4, 0.5) is 11.4 Å². The molecule has 0 aliphatic rings. The predicted octanol–water partition coefficient (Wildman–Crippen LogP) is 0.386. The number of anilines is 2. The molecule has 0 unspecified atom stereocenters. The number of hydrogen-bond donors (Lipinski definition) is 3. The first-order valence-corrected chi connectivity index (χ1v) is 4.43. The van der Waals surface area contributed by atoms with E-state index in [1.165, 1.54) is 0 Å². The average molecular weight is 203 g/mol. The summed E-state index contributed by atoms with van der Waals surface area (Å²) < 4.78 is 0. The van der Waals surface area contributed by atoms with Crippen molar-refractivity contribution in [1.82, 2.24) is 0 Å². The molecule has 4 heteroatoms. The van der Waals surface area contributed by atoms with E-state index >= 15 is 0 Å². The maximum atomic E-state index is 10.5. The molecular formula is C11H13N3O. The second kappa shape index (κ2) is 4.38. The molecule has 1 aromatic carbocycles. The number of carbonyl (C=O) groups excluding carboxylic acids is 1. The summed E-state index contributed by atoms with van der Waals surface area (Å²) in [6.45, 7) is 1.88. The van der Waals surface area contributed by atoms with Crippen molar-refractivity contribution in [2.45, 2.75) is 13.3 Å². The summed E-state index contributed by atoms with van der Waals surface area (Å²) in [5.41, 5.74) is 18.9. The zero-order valence-corrected chi connectivity index (χ0v) is 8.50. The van der Waals surface area contributed by atoms with Crippen molar-refractivity contribution < 1.29 is 4.79 Å². The van der Waals surface area contributed by atoms with E-state index in [-0.39, 0.29) is 6.42 Å². The molecule has 0 atom stereocenters. The minimum atomic E-state index is -0.441. The Morgan fingerprint density at radius 1 is 1.33 bits per heavy atom. The summed E-state index contributed by atoms with van der Waals surface area (Å²) in [5, 5.41) is 0. The van der Waals surface area contributed by atoms with Gasteiger partial charge in [0.2, 0.25) is 5.91 Å². The van der Waals surface area contributed by atoms with Crippen LogP contribution in [0.1, 0.15) is 17.5 Å². The lowest BCUT2D eigenvalue weighted by atomic mass is 10.1. The van der Waals surface area contributed by atoms with Gasteiger partial charge in [0.05, 0.1) is 17.8 Å². The van der Waals surface area contributed by atoms with Gasteiger partial charge < -0.3 is 17.2 Å². The monoisotopic (exact) mass is 203 g/mol. The van der Waals surface area contributed by atoms with Gasteiger partial charge in [-0.25, -0.2) is 0 Å². The summed E-state index contributed by atoms with van der Waals surface area (Å²) >= 11 is 0. The van der Waals surface area contributed by atoms with Crippen molar-refractivity contribution in [3.05, 3.63) is 23.3 Å². The van der Waals surface area contributed by atoms with Crippen molar-refractivity contribution in [2.75, 3.05) is 11.5 Å². The second-order valence-corrected chi connectivity index (χ2v) is 3.24. The minimum Gasteiger partial charge on any atom is -0.397 e. The summed E-state index contributed by atoms with van der Waals surface area (Å²) in [4.78, 5) is 10.5. The summed E-state index contributed by atoms with van der Waals surface area (Å²) in [6.07, 6.45) is 0.0454. The van der Waals surface area contributed by atoms with Crippen molar-refractivity contribution in [3.63, 3.8) is 0 Å². The molecule has 0 bridgehead atoms. The Kier molecular flexibility index (Phi) is 3.19. The first-order valence-electron chi connectivity index (χ1n) is 4.43. The molecule has 1 aromatic rings. The van der Waals surface area contributed by atoms with Gasteiger partial charge in [-0.2, -0.15) is 0 Å². The van der Waals surface area contributed by atoms with Crippen molar-refractivity contribution in [3.8, 4) is 11.8 Å². The largest absolute Gasteiger partial charge is 0.397 e. The van der Waals surface area contributed by atoms with Crippen LogP contribution in [-0.4, -0.2) is 5.91 Å². The van der Waals surface area contributed by atoms with E-state index < -0.39 is 5.91 Å². The molecule has 6 N–H and O–H groups in total. The van der Waals surface area contributed by atoms with Crippen LogP contribution in [-0.2, 0) is 4.79 Å². The van der Waals surface area contributed by atoms with Gasteiger partial charge in [-0.3, -0.25) is 4.79 Å². The van der Waals surface area contributed by atoms with Gasteiger partial charge >= 0.3 is 0 Å². The normalized spacial score (nSPS) is 9.13. The highest BCUT2D eigenvalue weighted by atomic mass is 16.1. The van der Waals surface area contributed by atoms with Gasteiger partial charge in [0.1, 0.15) is 0 Å². The first-order chi connectivity index (χ1) is 7.00. The molecule has 0 heterocycles. The molecule has 1 amide bonds. The third kappa shape index (κ3) is 2.92. The first kappa shape index (κ1) is 10.9. The topological polar surface area (TPSA) is 95.1 Å². The number of amides is 1. The van der Waals surface area contributed by atoms with Crippen LogP contribution in [0, 0.1) is 18.8 Å². The number of hydrogen-bond acceptors (Lipinski definition) is 3. The molecule has 0 saturated carbocycles. The van der Waals surface area contributed by atoms with Crippen molar-refractivity contribution in [1.29, 1.82) is 0 Å². The maximum Gasteiger partial charge on any atom is 0.229 e. The number of rotatable bonds is 1. The number of aryl methyl sites for hydroxylation is 1. The Hall–Kier alpha value is -2.15. The van der Waals surface area contributed by atoms with E-state index in [0.717, 1.165) is 11.1 Å². The SMILES string of the molecule is Cc1cc(N)c(N)cc1C#CCC(N)=O. The van der Waals surface area contributed by atoms with E-state index in [4.69, 9.17) is 17.2 Å². The third-order valence-corrected chi connectivity index (χ3v) is 1.92. The number of benzene rings is 1. The number of carbonyl (C=O) groups is 1. The Balaban J connectivity index is 2.98. The number of primary amides is 1. The molecule has 15 heavy (non-hydrogen) atoms. The average Bonchev–Trinajstić information content (AvgIpc) is 2.13. The van der Waals surface area contributed by atoms with Gasteiger partial charge in [0, 0.05) is 5.56 Å². The molecule has 78 valence electrons. The van der Waals surface area contributed by atoms with Crippen LogP contribution in [0.3, 0.4) is 0 Å². The van der Waals surface area contributed by atoms with Crippen LogP contribution in [0.5, 0.6) is 0 Å². The van der Waals surface area contributed by atoms with E-state index in [1.807, 2.05) is 6.92 Å². The lowest BCUT2D eigenvalue weighted by Gasteiger charge is -2.03. The Labute approximate surface area is 88.4 Å². The van der Waals surface area contributed by atoms with Crippen LogP contribution in [0.2, 0.25) is 0 Å². The smallest absolute Gasteiger partial charge is 0.229 e. The quantitative estimate of drug-likeness (QED) is 0.455. The van der Waals surface area contributed by atoms with Crippen LogP contribution < -0.4 is 17.2 Å². The maximum absolute atomic E-state index is 10.5. The van der Waals surface area contributed by atoms with E-state index in [2.05, 4.69) is 11.8 Å². The molecular weight excluding hydrogens is 190 g/mol. The molecule has 0 aliphatic heterocycles. The van der Waals surface area contributed by atoms with E-state index in [1.54, 1.807) is 12.1 Å². The number of nitrogens with two attached hydrogens (primary N) is 3. The Morgan fingerprint density at radius 3 is 2.53 bits per heavy atom. The summed E-state index contributed by atoms with van der Waals surface area (Å²) in [6, 6.07) is 3.45. The summed E-state index contributed by atoms with van der Waals surface area (Å²) in [5.74, 6) is 5.05. The highest BCUT2D eigenvalue weighted by Crippen LogP contribution is 2.19. The molecule has 0 spiro atoms. The zero-order valence-electron chi connectivity index (χ0n) is 8.50. The molecule has 0 saturated heterocycles. The fraction of sp³-hybridized carbons (Fsp3) is 0.182. The highest BCUT2D eigenvalue weighted by Gasteiger charge is 1.99. The fourth-order valence-corrected chi connectivity index (χ4v) is 1.11.